The molecule has 0 aromatic heterocycles. The molecule has 1 atom stereocenters. The summed E-state index contributed by atoms with van der Waals surface area (Å²) in [5, 5.41) is 3.32. The fraction of sp³-hybridized carbons (Fsp3) is 0.278. The van der Waals surface area contributed by atoms with Crippen LogP contribution in [0.4, 0.5) is 11.4 Å². The van der Waals surface area contributed by atoms with Crippen LogP contribution in [-0.2, 0) is 14.8 Å². The van der Waals surface area contributed by atoms with Crippen LogP contribution in [0, 0.1) is 0 Å². The molecule has 0 saturated carbocycles. The Morgan fingerprint density at radius 2 is 1.75 bits per heavy atom. The summed E-state index contributed by atoms with van der Waals surface area (Å²) in [5.41, 5.74) is 0.568. The molecular formula is C18H20Cl2N2O5S. The van der Waals surface area contributed by atoms with E-state index in [0.29, 0.717) is 27.2 Å². The van der Waals surface area contributed by atoms with Gasteiger partial charge < -0.3 is 14.8 Å². The lowest BCUT2D eigenvalue weighted by Gasteiger charge is -2.28. The van der Waals surface area contributed by atoms with Crippen molar-refractivity contribution in [2.75, 3.05) is 30.1 Å². The van der Waals surface area contributed by atoms with E-state index in [0.717, 1.165) is 10.6 Å². The summed E-state index contributed by atoms with van der Waals surface area (Å²) in [6, 6.07) is 8.16. The number of halogens is 2. The SMILES string of the molecule is COc1cc(NC(=O)[C@H](C)N(c2cccc(Cl)c2)S(C)(=O)=O)c(OC)cc1Cl. The molecule has 0 aliphatic heterocycles. The molecule has 7 nitrogen and oxygen atoms in total. The minimum Gasteiger partial charge on any atom is -0.495 e. The molecule has 0 unspecified atom stereocenters. The number of hydrogen-bond acceptors (Lipinski definition) is 5. The highest BCUT2D eigenvalue weighted by atomic mass is 35.5. The smallest absolute Gasteiger partial charge is 0.248 e. The van der Waals surface area contributed by atoms with Crippen LogP contribution >= 0.6 is 23.2 Å². The van der Waals surface area contributed by atoms with Crippen molar-refractivity contribution in [2.45, 2.75) is 13.0 Å². The maximum atomic E-state index is 12.8. The molecule has 10 heteroatoms. The van der Waals surface area contributed by atoms with E-state index in [4.69, 9.17) is 32.7 Å². The molecule has 2 aromatic rings. The quantitative estimate of drug-likeness (QED) is 0.698. The molecule has 0 fully saturated rings. The third-order valence-corrected chi connectivity index (χ3v) is 5.66. The Bertz CT molecular complexity index is 982. The zero-order valence-corrected chi connectivity index (χ0v) is 18.0. The summed E-state index contributed by atoms with van der Waals surface area (Å²) in [4.78, 5) is 12.8. The first-order chi connectivity index (χ1) is 13.1. The van der Waals surface area contributed by atoms with Crippen LogP contribution in [0.25, 0.3) is 0 Å². The van der Waals surface area contributed by atoms with Crippen LogP contribution in [0.5, 0.6) is 11.5 Å². The van der Waals surface area contributed by atoms with Crippen LogP contribution in [0.3, 0.4) is 0 Å². The second-order valence-corrected chi connectivity index (χ2v) is 8.59. The number of sulfonamides is 1. The number of carbonyl (C=O) groups excluding carboxylic acids is 1. The number of rotatable bonds is 7. The van der Waals surface area contributed by atoms with Gasteiger partial charge in [0, 0.05) is 17.2 Å². The van der Waals surface area contributed by atoms with E-state index in [-0.39, 0.29) is 5.69 Å². The highest BCUT2D eigenvalue weighted by Crippen LogP contribution is 2.36. The van der Waals surface area contributed by atoms with Gasteiger partial charge in [0.25, 0.3) is 0 Å². The number of methoxy groups -OCH3 is 2. The zero-order chi connectivity index (χ0) is 21.1. The number of nitrogens with zero attached hydrogens (tertiary/aromatic N) is 1. The molecule has 0 aliphatic rings. The molecule has 28 heavy (non-hydrogen) atoms. The van der Waals surface area contributed by atoms with E-state index in [9.17, 15) is 13.2 Å². The van der Waals surface area contributed by atoms with Crippen LogP contribution in [0.1, 0.15) is 6.92 Å². The fourth-order valence-corrected chi connectivity index (χ4v) is 4.20. The van der Waals surface area contributed by atoms with E-state index in [1.165, 1.54) is 39.3 Å². The van der Waals surface area contributed by atoms with Gasteiger partial charge in [0.2, 0.25) is 15.9 Å². The first-order valence-electron chi connectivity index (χ1n) is 8.05. The molecular weight excluding hydrogens is 427 g/mol. The largest absolute Gasteiger partial charge is 0.495 e. The van der Waals surface area contributed by atoms with Crippen molar-refractivity contribution in [1.29, 1.82) is 0 Å². The molecule has 152 valence electrons. The minimum absolute atomic E-state index is 0.276. The van der Waals surface area contributed by atoms with E-state index >= 15 is 0 Å². The third kappa shape index (κ3) is 5.01. The van der Waals surface area contributed by atoms with Crippen LogP contribution in [0.2, 0.25) is 10.0 Å². The van der Waals surface area contributed by atoms with E-state index < -0.39 is 22.0 Å². The van der Waals surface area contributed by atoms with Crippen molar-refractivity contribution in [3.63, 3.8) is 0 Å². The van der Waals surface area contributed by atoms with E-state index in [2.05, 4.69) is 5.32 Å². The van der Waals surface area contributed by atoms with Gasteiger partial charge in [0.1, 0.15) is 17.5 Å². The lowest BCUT2D eigenvalue weighted by atomic mass is 10.2. The Hall–Kier alpha value is -2.16. The van der Waals surface area contributed by atoms with Gasteiger partial charge in [-0.1, -0.05) is 29.3 Å². The van der Waals surface area contributed by atoms with Crippen LogP contribution < -0.4 is 19.1 Å². The number of amides is 1. The van der Waals surface area contributed by atoms with Gasteiger partial charge in [0.05, 0.1) is 36.9 Å². The van der Waals surface area contributed by atoms with Gasteiger partial charge in [-0.2, -0.15) is 0 Å². The Labute approximate surface area is 174 Å². The molecule has 0 aliphatic carbocycles. The van der Waals surface area contributed by atoms with Gasteiger partial charge in [-0.25, -0.2) is 8.42 Å². The third-order valence-electron chi connectivity index (χ3n) is 3.88. The summed E-state index contributed by atoms with van der Waals surface area (Å²) in [5.74, 6) is 0.0633. The standard InChI is InChI=1S/C18H20Cl2N2O5S/c1-11(22(28(4,24)25)13-7-5-6-12(19)8-13)18(23)21-15-10-16(26-2)14(20)9-17(15)27-3/h5-11H,1-4H3,(H,21,23)/t11-/m0/s1. The Morgan fingerprint density at radius 1 is 1.11 bits per heavy atom. The van der Waals surface area contributed by atoms with Crippen LogP contribution in [0.15, 0.2) is 36.4 Å². The summed E-state index contributed by atoms with van der Waals surface area (Å²) >= 11 is 12.0. The van der Waals surface area contributed by atoms with Crippen molar-refractivity contribution in [1.82, 2.24) is 0 Å². The normalized spacial score (nSPS) is 12.2. The van der Waals surface area contributed by atoms with Crippen molar-refractivity contribution < 1.29 is 22.7 Å². The number of hydrogen-bond donors (Lipinski definition) is 1. The average Bonchev–Trinajstić information content (AvgIpc) is 2.61. The molecule has 0 radical (unpaired) electrons. The average molecular weight is 447 g/mol. The van der Waals surface area contributed by atoms with Gasteiger partial charge in [-0.15, -0.1) is 0 Å². The molecule has 2 aromatic carbocycles. The lowest BCUT2D eigenvalue weighted by Crippen LogP contribution is -2.45. The Balaban J connectivity index is 2.39. The van der Waals surface area contributed by atoms with Gasteiger partial charge >= 0.3 is 0 Å². The lowest BCUT2D eigenvalue weighted by molar-refractivity contribution is -0.116. The maximum Gasteiger partial charge on any atom is 0.248 e. The number of nitrogens with one attached hydrogen (secondary N) is 1. The summed E-state index contributed by atoms with van der Waals surface area (Å²) < 4.78 is 36.1. The van der Waals surface area contributed by atoms with Gasteiger partial charge in [-0.05, 0) is 25.1 Å². The highest BCUT2D eigenvalue weighted by Gasteiger charge is 2.30. The molecule has 0 spiro atoms. The topological polar surface area (TPSA) is 84.9 Å². The molecule has 0 saturated heterocycles. The molecule has 1 N–H and O–H groups in total. The van der Waals surface area contributed by atoms with Crippen LogP contribution in [-0.4, -0.2) is 40.8 Å². The fourth-order valence-electron chi connectivity index (χ4n) is 2.62. The molecule has 1 amide bonds. The van der Waals surface area contributed by atoms with Crippen molar-refractivity contribution in [3.8, 4) is 11.5 Å². The number of anilines is 2. The van der Waals surface area contributed by atoms with Crippen molar-refractivity contribution in [3.05, 3.63) is 46.4 Å². The second-order valence-electron chi connectivity index (χ2n) is 5.89. The van der Waals surface area contributed by atoms with E-state index in [1.54, 1.807) is 18.2 Å². The van der Waals surface area contributed by atoms with Crippen molar-refractivity contribution in [2.24, 2.45) is 0 Å². The first kappa shape index (κ1) is 22.1. The first-order valence-corrected chi connectivity index (χ1v) is 10.7. The second kappa shape index (κ2) is 8.89. The molecule has 0 heterocycles. The number of carbonyl (C=O) groups is 1. The molecule has 0 bridgehead atoms. The summed E-state index contributed by atoms with van der Waals surface area (Å²) in [6.45, 7) is 1.47. The molecule has 2 rings (SSSR count). The predicted octanol–water partition coefficient (Wildman–Crippen LogP) is 3.80. The number of ether oxygens (including phenoxy) is 2. The van der Waals surface area contributed by atoms with Gasteiger partial charge in [0.15, 0.2) is 0 Å². The van der Waals surface area contributed by atoms with Gasteiger partial charge in [-0.3, -0.25) is 9.10 Å². The summed E-state index contributed by atoms with van der Waals surface area (Å²) in [7, 11) is -0.910. The number of benzene rings is 2. The predicted molar refractivity (Wildman–Crippen MR) is 111 cm³/mol. The maximum absolute atomic E-state index is 12.8. The minimum atomic E-state index is -3.77. The summed E-state index contributed by atoms with van der Waals surface area (Å²) in [6.07, 6.45) is 1.02. The monoisotopic (exact) mass is 446 g/mol. The highest BCUT2D eigenvalue weighted by molar-refractivity contribution is 7.92. The Kier molecular flexibility index (Phi) is 7.03. The Morgan fingerprint density at radius 3 is 2.29 bits per heavy atom. The zero-order valence-electron chi connectivity index (χ0n) is 15.7. The van der Waals surface area contributed by atoms with E-state index in [1.807, 2.05) is 0 Å². The van der Waals surface area contributed by atoms with Crippen molar-refractivity contribution >= 4 is 50.5 Å².